The van der Waals surface area contributed by atoms with Gasteiger partial charge in [-0.15, -0.1) is 0 Å². The number of nitrogens with two attached hydrogens (primary N) is 1. The molecule has 0 aliphatic carbocycles. The number of hydrogen-bond acceptors (Lipinski definition) is 4. The number of primary amides is 1. The van der Waals surface area contributed by atoms with Crippen molar-refractivity contribution < 1.29 is 14.0 Å². The molecule has 1 aromatic carbocycles. The summed E-state index contributed by atoms with van der Waals surface area (Å²) < 4.78 is 5.52. The molecule has 0 bridgehead atoms. The second-order valence-electron chi connectivity index (χ2n) is 6.46. The Morgan fingerprint density at radius 2 is 2.04 bits per heavy atom. The first-order valence-electron chi connectivity index (χ1n) is 8.30. The van der Waals surface area contributed by atoms with Crippen molar-refractivity contribution >= 4 is 34.8 Å². The molecule has 0 spiro atoms. The highest BCUT2D eigenvalue weighted by atomic mass is 35.5. The molecular formula is C18H18ClN3O3. The predicted molar refractivity (Wildman–Crippen MR) is 95.2 cm³/mol. The predicted octanol–water partition coefficient (Wildman–Crippen LogP) is 3.11. The number of nitrogens with one attached hydrogen (secondary N) is 1. The molecule has 7 heteroatoms. The van der Waals surface area contributed by atoms with Crippen LogP contribution in [0.3, 0.4) is 0 Å². The highest BCUT2D eigenvalue weighted by Gasteiger charge is 2.31. The summed E-state index contributed by atoms with van der Waals surface area (Å²) in [5.74, 6) is -0.255. The Kier molecular flexibility index (Phi) is 3.92. The van der Waals surface area contributed by atoms with E-state index in [1.165, 1.54) is 0 Å². The van der Waals surface area contributed by atoms with Gasteiger partial charge in [0.2, 0.25) is 5.91 Å². The minimum atomic E-state index is -0.474. The number of fused-ring (bicyclic) bond motifs is 1. The fourth-order valence-corrected chi connectivity index (χ4v) is 3.84. The number of nitrogens with zero attached hydrogens (tertiary/aromatic N) is 1. The number of anilines is 2. The molecule has 130 valence electrons. The van der Waals surface area contributed by atoms with E-state index in [-0.39, 0.29) is 23.5 Å². The Morgan fingerprint density at radius 3 is 2.68 bits per heavy atom. The molecule has 3 heterocycles. The van der Waals surface area contributed by atoms with Gasteiger partial charge in [-0.2, -0.15) is 0 Å². The minimum Gasteiger partial charge on any atom is -0.449 e. The van der Waals surface area contributed by atoms with Gasteiger partial charge >= 0.3 is 0 Å². The van der Waals surface area contributed by atoms with Crippen LogP contribution < -0.4 is 16.0 Å². The van der Waals surface area contributed by atoms with Crippen LogP contribution in [-0.4, -0.2) is 24.9 Å². The standard InChI is InChI=1S/C18H18ClN3O3/c19-16-4-3-15(25-16)11-8-17(23)21-13-9-14(22-5-1-2-6-22)12(18(20)24)7-10(11)13/h3-4,7,9,11H,1-2,5-6,8H2,(H2,20,24)(H,21,23). The normalized spacial score (nSPS) is 19.6. The monoisotopic (exact) mass is 359 g/mol. The average molecular weight is 360 g/mol. The molecule has 2 amide bonds. The number of benzene rings is 1. The molecular weight excluding hydrogens is 342 g/mol. The number of halogens is 1. The van der Waals surface area contributed by atoms with Gasteiger partial charge in [-0.25, -0.2) is 0 Å². The van der Waals surface area contributed by atoms with Crippen molar-refractivity contribution in [3.8, 4) is 0 Å². The molecule has 4 rings (SSSR count). The fourth-order valence-electron chi connectivity index (χ4n) is 3.68. The van der Waals surface area contributed by atoms with Crippen LogP contribution in [0.1, 0.15) is 46.9 Å². The van der Waals surface area contributed by atoms with Gasteiger partial charge in [0.25, 0.3) is 5.91 Å². The van der Waals surface area contributed by atoms with E-state index in [4.69, 9.17) is 21.8 Å². The summed E-state index contributed by atoms with van der Waals surface area (Å²) in [5.41, 5.74) is 8.40. The second-order valence-corrected chi connectivity index (χ2v) is 6.83. The van der Waals surface area contributed by atoms with Gasteiger partial charge < -0.3 is 20.4 Å². The Bertz CT molecular complexity index is 855. The van der Waals surface area contributed by atoms with Crippen LogP contribution in [0.15, 0.2) is 28.7 Å². The SMILES string of the molecule is NC(=O)c1cc2c(cc1N1CCCC1)NC(=O)CC2c1ccc(Cl)o1. The lowest BCUT2D eigenvalue weighted by Crippen LogP contribution is -2.27. The zero-order valence-corrected chi connectivity index (χ0v) is 14.3. The summed E-state index contributed by atoms with van der Waals surface area (Å²) in [6, 6.07) is 7.05. The fraction of sp³-hybridized carbons (Fsp3) is 0.333. The van der Waals surface area contributed by atoms with E-state index in [1.807, 2.05) is 6.07 Å². The van der Waals surface area contributed by atoms with E-state index < -0.39 is 5.91 Å². The van der Waals surface area contributed by atoms with E-state index in [0.29, 0.717) is 17.0 Å². The van der Waals surface area contributed by atoms with Crippen molar-refractivity contribution in [3.05, 3.63) is 46.4 Å². The summed E-state index contributed by atoms with van der Waals surface area (Å²) >= 11 is 5.89. The molecule has 1 unspecified atom stereocenters. The highest BCUT2D eigenvalue weighted by Crippen LogP contribution is 2.41. The zero-order chi connectivity index (χ0) is 17.6. The Morgan fingerprint density at radius 1 is 1.28 bits per heavy atom. The first kappa shape index (κ1) is 16.0. The molecule has 2 aromatic rings. The molecule has 6 nitrogen and oxygen atoms in total. The van der Waals surface area contributed by atoms with Gasteiger partial charge in [0.1, 0.15) is 5.76 Å². The van der Waals surface area contributed by atoms with Crippen molar-refractivity contribution in [2.45, 2.75) is 25.2 Å². The first-order chi connectivity index (χ1) is 12.0. The molecule has 2 aliphatic heterocycles. The zero-order valence-electron chi connectivity index (χ0n) is 13.5. The van der Waals surface area contributed by atoms with Crippen LogP contribution in [0, 0.1) is 0 Å². The van der Waals surface area contributed by atoms with Gasteiger partial charge in [0.05, 0.1) is 17.2 Å². The van der Waals surface area contributed by atoms with Gasteiger partial charge in [-0.05, 0) is 54.3 Å². The number of amides is 2. The number of carbonyl (C=O) groups is 2. The summed E-state index contributed by atoms with van der Waals surface area (Å²) in [4.78, 5) is 26.4. The maximum atomic E-state index is 12.2. The molecule has 1 saturated heterocycles. The van der Waals surface area contributed by atoms with Gasteiger partial charge in [0.15, 0.2) is 5.22 Å². The average Bonchev–Trinajstić information content (AvgIpc) is 3.24. The van der Waals surface area contributed by atoms with Crippen LogP contribution in [0.5, 0.6) is 0 Å². The molecule has 0 radical (unpaired) electrons. The van der Waals surface area contributed by atoms with E-state index in [9.17, 15) is 9.59 Å². The first-order valence-corrected chi connectivity index (χ1v) is 8.68. The Hall–Kier alpha value is -2.47. The quantitative estimate of drug-likeness (QED) is 0.881. The molecule has 25 heavy (non-hydrogen) atoms. The van der Waals surface area contributed by atoms with E-state index in [0.717, 1.165) is 37.2 Å². The lowest BCUT2D eigenvalue weighted by Gasteiger charge is -2.28. The molecule has 1 fully saturated rings. The largest absolute Gasteiger partial charge is 0.449 e. The smallest absolute Gasteiger partial charge is 0.250 e. The third-order valence-electron chi connectivity index (χ3n) is 4.86. The summed E-state index contributed by atoms with van der Waals surface area (Å²) in [5, 5.41) is 3.17. The number of rotatable bonds is 3. The van der Waals surface area contributed by atoms with E-state index in [2.05, 4.69) is 10.2 Å². The minimum absolute atomic E-state index is 0.0933. The van der Waals surface area contributed by atoms with Crippen molar-refractivity contribution in [1.29, 1.82) is 0 Å². The maximum Gasteiger partial charge on any atom is 0.250 e. The topological polar surface area (TPSA) is 88.6 Å². The molecule has 2 aliphatic rings. The lowest BCUT2D eigenvalue weighted by atomic mass is 9.86. The summed E-state index contributed by atoms with van der Waals surface area (Å²) in [7, 11) is 0. The van der Waals surface area contributed by atoms with Crippen LogP contribution in [0.2, 0.25) is 5.22 Å². The van der Waals surface area contributed by atoms with Gasteiger partial charge in [-0.1, -0.05) is 0 Å². The number of furan rings is 1. The maximum absolute atomic E-state index is 12.2. The molecule has 3 N–H and O–H groups in total. The Labute approximate surface area is 149 Å². The van der Waals surface area contributed by atoms with Crippen LogP contribution in [0.25, 0.3) is 0 Å². The van der Waals surface area contributed by atoms with Crippen molar-refractivity contribution in [3.63, 3.8) is 0 Å². The van der Waals surface area contributed by atoms with Crippen molar-refractivity contribution in [2.75, 3.05) is 23.3 Å². The lowest BCUT2D eigenvalue weighted by molar-refractivity contribution is -0.116. The van der Waals surface area contributed by atoms with Crippen LogP contribution in [0.4, 0.5) is 11.4 Å². The van der Waals surface area contributed by atoms with Gasteiger partial charge in [0, 0.05) is 25.2 Å². The van der Waals surface area contributed by atoms with Crippen molar-refractivity contribution in [1.82, 2.24) is 0 Å². The highest BCUT2D eigenvalue weighted by molar-refractivity contribution is 6.28. The number of hydrogen-bond donors (Lipinski definition) is 2. The van der Waals surface area contributed by atoms with E-state index in [1.54, 1.807) is 18.2 Å². The van der Waals surface area contributed by atoms with Gasteiger partial charge in [-0.3, -0.25) is 9.59 Å². The van der Waals surface area contributed by atoms with Crippen LogP contribution in [-0.2, 0) is 4.79 Å². The Balaban J connectivity index is 1.85. The third-order valence-corrected chi connectivity index (χ3v) is 5.06. The van der Waals surface area contributed by atoms with Crippen molar-refractivity contribution in [2.24, 2.45) is 5.73 Å². The molecule has 1 atom stereocenters. The van der Waals surface area contributed by atoms with Crippen LogP contribution >= 0.6 is 11.6 Å². The second kappa shape index (κ2) is 6.11. The number of carbonyl (C=O) groups excluding carboxylic acids is 2. The molecule has 1 aromatic heterocycles. The third kappa shape index (κ3) is 2.87. The molecule has 0 saturated carbocycles. The summed E-state index contributed by atoms with van der Waals surface area (Å²) in [6.07, 6.45) is 2.39. The van der Waals surface area contributed by atoms with E-state index >= 15 is 0 Å². The summed E-state index contributed by atoms with van der Waals surface area (Å²) in [6.45, 7) is 1.76.